The van der Waals surface area contributed by atoms with Gasteiger partial charge in [-0.3, -0.25) is 0 Å². The highest BCUT2D eigenvalue weighted by atomic mass is 19.1. The summed E-state index contributed by atoms with van der Waals surface area (Å²) in [7, 11) is 1.59. The first-order chi connectivity index (χ1) is 12.2. The highest BCUT2D eigenvalue weighted by Crippen LogP contribution is 2.19. The second-order valence-electron chi connectivity index (χ2n) is 4.90. The normalized spacial score (nSPS) is 11.0. The molecule has 0 aliphatic heterocycles. The third-order valence-electron chi connectivity index (χ3n) is 3.15. The summed E-state index contributed by atoms with van der Waals surface area (Å²) in [4.78, 5) is 14.6. The van der Waals surface area contributed by atoms with Crippen LogP contribution in [0.4, 0.5) is 10.2 Å². The molecular formula is C16H15FN6O2. The van der Waals surface area contributed by atoms with E-state index >= 15 is 0 Å². The SMILES string of the molecule is COc1cccc(COc2ncc(F)c(N=NCc3ncc[nH]3)n2)c1. The van der Waals surface area contributed by atoms with Crippen LogP contribution in [-0.2, 0) is 13.2 Å². The van der Waals surface area contributed by atoms with E-state index in [-0.39, 0.29) is 25.0 Å². The van der Waals surface area contributed by atoms with Gasteiger partial charge in [0.1, 0.15) is 24.7 Å². The molecule has 3 aromatic rings. The first-order valence-electron chi connectivity index (χ1n) is 7.38. The molecule has 2 heterocycles. The van der Waals surface area contributed by atoms with E-state index in [2.05, 4.69) is 30.2 Å². The van der Waals surface area contributed by atoms with E-state index in [4.69, 9.17) is 9.47 Å². The van der Waals surface area contributed by atoms with E-state index in [1.165, 1.54) is 0 Å². The molecule has 0 spiro atoms. The molecule has 0 atom stereocenters. The number of imidazole rings is 1. The van der Waals surface area contributed by atoms with Crippen LogP contribution in [0.5, 0.6) is 11.8 Å². The molecule has 0 unspecified atom stereocenters. The molecular weight excluding hydrogens is 327 g/mol. The van der Waals surface area contributed by atoms with E-state index in [0.29, 0.717) is 11.6 Å². The number of methoxy groups -OCH3 is 1. The van der Waals surface area contributed by atoms with Crippen molar-refractivity contribution < 1.29 is 13.9 Å². The molecule has 25 heavy (non-hydrogen) atoms. The Hall–Kier alpha value is -3.36. The zero-order valence-corrected chi connectivity index (χ0v) is 13.4. The first-order valence-corrected chi connectivity index (χ1v) is 7.38. The Morgan fingerprint density at radius 1 is 1.28 bits per heavy atom. The standard InChI is InChI=1S/C16H15FN6O2/c1-24-12-4-2-3-11(7-12)10-25-16-20-8-13(17)15(22-16)23-21-9-14-18-5-6-19-14/h2-8H,9-10H2,1H3,(H,18,19). The number of rotatable bonds is 7. The van der Waals surface area contributed by atoms with Gasteiger partial charge in [-0.1, -0.05) is 12.1 Å². The van der Waals surface area contributed by atoms with E-state index < -0.39 is 5.82 Å². The number of H-pyrrole nitrogens is 1. The third kappa shape index (κ3) is 4.56. The van der Waals surface area contributed by atoms with Gasteiger partial charge in [-0.25, -0.2) is 14.4 Å². The molecule has 3 rings (SSSR count). The average molecular weight is 342 g/mol. The Morgan fingerprint density at radius 3 is 3.00 bits per heavy atom. The lowest BCUT2D eigenvalue weighted by Crippen LogP contribution is -2.00. The fourth-order valence-corrected chi connectivity index (χ4v) is 1.95. The first kappa shape index (κ1) is 16.5. The summed E-state index contributed by atoms with van der Waals surface area (Å²) in [6.07, 6.45) is 4.26. The number of hydrogen-bond acceptors (Lipinski definition) is 7. The number of azo groups is 1. The summed E-state index contributed by atoms with van der Waals surface area (Å²) in [5.41, 5.74) is 0.869. The molecule has 0 aliphatic rings. The van der Waals surface area contributed by atoms with Gasteiger partial charge in [-0.2, -0.15) is 10.1 Å². The molecule has 1 aromatic carbocycles. The predicted octanol–water partition coefficient (Wildman–Crippen LogP) is 3.21. The van der Waals surface area contributed by atoms with Crippen molar-refractivity contribution in [3.8, 4) is 11.8 Å². The number of ether oxygens (including phenoxy) is 2. The van der Waals surface area contributed by atoms with Gasteiger partial charge in [0.15, 0.2) is 5.82 Å². The van der Waals surface area contributed by atoms with Crippen molar-refractivity contribution in [1.29, 1.82) is 0 Å². The fraction of sp³-hybridized carbons (Fsp3) is 0.188. The van der Waals surface area contributed by atoms with Crippen LogP contribution in [0.2, 0.25) is 0 Å². The van der Waals surface area contributed by atoms with E-state index in [9.17, 15) is 4.39 Å². The molecule has 8 nitrogen and oxygen atoms in total. The Morgan fingerprint density at radius 2 is 2.20 bits per heavy atom. The summed E-state index contributed by atoms with van der Waals surface area (Å²) >= 11 is 0. The molecule has 9 heteroatoms. The maximum atomic E-state index is 13.7. The summed E-state index contributed by atoms with van der Waals surface area (Å²) in [6.45, 7) is 0.405. The monoisotopic (exact) mass is 342 g/mol. The van der Waals surface area contributed by atoms with Crippen molar-refractivity contribution >= 4 is 5.82 Å². The highest BCUT2D eigenvalue weighted by molar-refractivity contribution is 5.29. The number of nitrogens with zero attached hydrogens (tertiary/aromatic N) is 5. The van der Waals surface area contributed by atoms with Crippen LogP contribution < -0.4 is 9.47 Å². The van der Waals surface area contributed by atoms with Gasteiger partial charge in [0.05, 0.1) is 13.3 Å². The van der Waals surface area contributed by atoms with Crippen molar-refractivity contribution in [1.82, 2.24) is 19.9 Å². The molecule has 0 fully saturated rings. The van der Waals surface area contributed by atoms with Crippen molar-refractivity contribution in [2.24, 2.45) is 10.2 Å². The number of aromatic nitrogens is 4. The molecule has 0 radical (unpaired) electrons. The van der Waals surface area contributed by atoms with Crippen LogP contribution >= 0.6 is 0 Å². The number of halogens is 1. The molecule has 1 N–H and O–H groups in total. The van der Waals surface area contributed by atoms with Crippen LogP contribution in [0, 0.1) is 5.82 Å². The Labute approximate surface area is 142 Å². The molecule has 0 saturated carbocycles. The number of aromatic amines is 1. The molecule has 0 amide bonds. The molecule has 0 aliphatic carbocycles. The topological polar surface area (TPSA) is 97.6 Å². The maximum Gasteiger partial charge on any atom is 0.318 e. The lowest BCUT2D eigenvalue weighted by atomic mass is 10.2. The van der Waals surface area contributed by atoms with Gasteiger partial charge in [0.25, 0.3) is 0 Å². The van der Waals surface area contributed by atoms with Crippen molar-refractivity contribution in [2.75, 3.05) is 7.11 Å². The smallest absolute Gasteiger partial charge is 0.318 e. The van der Waals surface area contributed by atoms with Crippen LogP contribution in [0.15, 0.2) is 53.1 Å². The second-order valence-corrected chi connectivity index (χ2v) is 4.90. The quantitative estimate of drug-likeness (QED) is 0.665. The van der Waals surface area contributed by atoms with Crippen LogP contribution in [0.1, 0.15) is 11.4 Å². The Balaban J connectivity index is 1.65. The van der Waals surface area contributed by atoms with Crippen molar-refractivity contribution in [3.63, 3.8) is 0 Å². The van der Waals surface area contributed by atoms with Crippen LogP contribution in [0.25, 0.3) is 0 Å². The number of nitrogens with one attached hydrogen (secondary N) is 1. The minimum absolute atomic E-state index is 0.0103. The lowest BCUT2D eigenvalue weighted by molar-refractivity contribution is 0.279. The number of benzene rings is 1. The third-order valence-corrected chi connectivity index (χ3v) is 3.15. The van der Waals surface area contributed by atoms with Crippen molar-refractivity contribution in [3.05, 3.63) is 60.1 Å². The number of hydrogen-bond donors (Lipinski definition) is 1. The van der Waals surface area contributed by atoms with Gasteiger partial charge in [0.2, 0.25) is 5.82 Å². The molecule has 128 valence electrons. The predicted molar refractivity (Wildman–Crippen MR) is 86.1 cm³/mol. The van der Waals surface area contributed by atoms with Gasteiger partial charge in [0, 0.05) is 12.4 Å². The summed E-state index contributed by atoms with van der Waals surface area (Å²) in [5, 5.41) is 7.62. The zero-order valence-electron chi connectivity index (χ0n) is 13.4. The van der Waals surface area contributed by atoms with E-state index in [0.717, 1.165) is 11.8 Å². The maximum absolute atomic E-state index is 13.7. The van der Waals surface area contributed by atoms with Gasteiger partial charge in [-0.05, 0) is 17.7 Å². The summed E-state index contributed by atoms with van der Waals surface area (Å²) < 4.78 is 24.3. The van der Waals surface area contributed by atoms with Crippen LogP contribution in [-0.4, -0.2) is 27.0 Å². The highest BCUT2D eigenvalue weighted by Gasteiger charge is 2.08. The summed E-state index contributed by atoms with van der Waals surface area (Å²) in [5.74, 6) is 0.459. The van der Waals surface area contributed by atoms with E-state index in [1.54, 1.807) is 19.5 Å². The molecule has 0 saturated heterocycles. The minimum Gasteiger partial charge on any atom is -0.497 e. The van der Waals surface area contributed by atoms with Gasteiger partial charge < -0.3 is 14.5 Å². The second kappa shape index (κ2) is 7.95. The van der Waals surface area contributed by atoms with Crippen molar-refractivity contribution in [2.45, 2.75) is 13.2 Å². The Bertz CT molecular complexity index is 854. The average Bonchev–Trinajstić information content (AvgIpc) is 3.16. The fourth-order valence-electron chi connectivity index (χ4n) is 1.95. The zero-order chi connectivity index (χ0) is 17.5. The largest absolute Gasteiger partial charge is 0.497 e. The summed E-state index contributed by atoms with van der Waals surface area (Å²) in [6, 6.07) is 7.38. The van der Waals surface area contributed by atoms with Gasteiger partial charge in [-0.15, -0.1) is 5.11 Å². The van der Waals surface area contributed by atoms with Gasteiger partial charge >= 0.3 is 6.01 Å². The van der Waals surface area contributed by atoms with E-state index in [1.807, 2.05) is 24.3 Å². The lowest BCUT2D eigenvalue weighted by Gasteiger charge is -2.06. The molecule has 2 aromatic heterocycles. The minimum atomic E-state index is -0.683. The van der Waals surface area contributed by atoms with Crippen LogP contribution in [0.3, 0.4) is 0 Å². The molecule has 0 bridgehead atoms. The Kier molecular flexibility index (Phi) is 5.25.